The minimum absolute atomic E-state index is 0.0379. The largest absolute Gasteiger partial charge is 0.463 e. The number of Topliss-reactive ketones (excluding diaryl/α,β-unsaturated/α-hetero) is 1. The van der Waals surface area contributed by atoms with Crippen molar-refractivity contribution in [3.8, 4) is 0 Å². The minimum Gasteiger partial charge on any atom is -0.463 e. The van der Waals surface area contributed by atoms with Gasteiger partial charge in [0.15, 0.2) is 18.2 Å². The lowest BCUT2D eigenvalue weighted by Crippen LogP contribution is -2.60. The molecule has 276 valence electrons. The quantitative estimate of drug-likeness (QED) is 0.314. The summed E-state index contributed by atoms with van der Waals surface area (Å²) in [4.78, 5) is 45.3. The Bertz CT molecular complexity index is 1230. The normalized spacial score (nSPS) is 36.3. The highest BCUT2D eigenvalue weighted by molar-refractivity contribution is 6.00. The predicted octanol–water partition coefficient (Wildman–Crippen LogP) is 4.18. The number of rotatable bonds is 8. The fraction of sp³-hybridized carbons (Fsp3) is 0.763. The molecule has 0 amide bonds. The van der Waals surface area contributed by atoms with Crippen molar-refractivity contribution in [3.05, 3.63) is 35.9 Å². The lowest BCUT2D eigenvalue weighted by molar-refractivity contribution is -0.294. The summed E-state index contributed by atoms with van der Waals surface area (Å²) in [5.41, 5.74) is -0.531. The lowest BCUT2D eigenvalue weighted by atomic mass is 9.78. The highest BCUT2D eigenvalue weighted by Gasteiger charge is 2.50. The van der Waals surface area contributed by atoms with E-state index in [-0.39, 0.29) is 36.5 Å². The molecule has 4 rings (SSSR count). The first kappa shape index (κ1) is 39.4. The number of piperidine rings is 1. The lowest BCUT2D eigenvalue weighted by Gasteiger charge is -2.47. The molecule has 3 aliphatic heterocycles. The zero-order valence-electron chi connectivity index (χ0n) is 31.2. The summed E-state index contributed by atoms with van der Waals surface area (Å²) in [6, 6.07) is 8.67. The summed E-state index contributed by atoms with van der Waals surface area (Å²) in [5, 5.41) is 3.44. The number of ether oxygens (including phenoxy) is 5. The summed E-state index contributed by atoms with van der Waals surface area (Å²) in [6.07, 6.45) is 1.47. The van der Waals surface area contributed by atoms with Crippen LogP contribution >= 0.6 is 0 Å². The van der Waals surface area contributed by atoms with E-state index in [9.17, 15) is 14.4 Å². The van der Waals surface area contributed by atoms with E-state index in [0.717, 1.165) is 38.9 Å². The van der Waals surface area contributed by atoms with Gasteiger partial charge in [-0.3, -0.25) is 14.5 Å². The monoisotopic (exact) mass is 687 g/mol. The van der Waals surface area contributed by atoms with Crippen LogP contribution in [0, 0.1) is 23.7 Å². The maximum absolute atomic E-state index is 14.2. The SMILES string of the molecule is CO[C@]1(C)C[C@@H](C)CN(C)[C@H](CC2CCNCC2)COC(=O)[C@H](C)C(=O)[C@H](C)[C@H]1O[C@@H]1O[C@H](C)C[C@H](N(C)C)[C@H]1OC(=O)c1ccccc1. The maximum atomic E-state index is 14.2. The van der Waals surface area contributed by atoms with Crippen molar-refractivity contribution in [1.82, 2.24) is 15.1 Å². The summed E-state index contributed by atoms with van der Waals surface area (Å²) < 4.78 is 31.7. The van der Waals surface area contributed by atoms with E-state index in [1.54, 1.807) is 45.2 Å². The van der Waals surface area contributed by atoms with Crippen LogP contribution in [0.5, 0.6) is 0 Å². The summed E-state index contributed by atoms with van der Waals surface area (Å²) >= 11 is 0. The van der Waals surface area contributed by atoms with Crippen LogP contribution in [-0.4, -0.2) is 124 Å². The second-order valence-corrected chi connectivity index (χ2v) is 15.3. The Kier molecular flexibility index (Phi) is 14.2. The molecule has 0 spiro atoms. The van der Waals surface area contributed by atoms with Crippen LogP contribution in [0.15, 0.2) is 30.3 Å². The number of nitrogens with zero attached hydrogens (tertiary/aromatic N) is 2. The number of nitrogens with one attached hydrogen (secondary N) is 1. The van der Waals surface area contributed by atoms with Crippen molar-refractivity contribution < 1.29 is 38.1 Å². The molecule has 0 radical (unpaired) electrons. The van der Waals surface area contributed by atoms with Gasteiger partial charge in [-0.15, -0.1) is 0 Å². The van der Waals surface area contributed by atoms with Gasteiger partial charge in [0.2, 0.25) is 0 Å². The topological polar surface area (TPSA) is 116 Å². The Balaban J connectivity index is 1.66. The molecule has 0 aliphatic carbocycles. The number of hydrogen-bond donors (Lipinski definition) is 1. The van der Waals surface area contributed by atoms with E-state index < -0.39 is 47.9 Å². The molecule has 1 aromatic rings. The van der Waals surface area contributed by atoms with Gasteiger partial charge in [-0.25, -0.2) is 4.79 Å². The summed E-state index contributed by atoms with van der Waals surface area (Å²) in [7, 11) is 7.61. The Morgan fingerprint density at radius 1 is 1.08 bits per heavy atom. The Labute approximate surface area is 293 Å². The zero-order chi connectivity index (χ0) is 35.9. The molecule has 49 heavy (non-hydrogen) atoms. The molecule has 3 fully saturated rings. The van der Waals surface area contributed by atoms with Gasteiger partial charge in [0, 0.05) is 25.6 Å². The van der Waals surface area contributed by atoms with E-state index in [1.165, 1.54) is 0 Å². The number of carbonyl (C=O) groups excluding carboxylic acids is 3. The van der Waals surface area contributed by atoms with Crippen molar-refractivity contribution in [2.75, 3.05) is 54.5 Å². The molecule has 10 atom stereocenters. The molecule has 3 heterocycles. The van der Waals surface area contributed by atoms with Gasteiger partial charge in [-0.2, -0.15) is 0 Å². The first-order valence-electron chi connectivity index (χ1n) is 18.1. The molecule has 11 nitrogen and oxygen atoms in total. The Morgan fingerprint density at radius 3 is 2.39 bits per heavy atom. The minimum atomic E-state index is -1.00. The zero-order valence-corrected chi connectivity index (χ0v) is 31.2. The molecule has 1 N–H and O–H groups in total. The first-order valence-corrected chi connectivity index (χ1v) is 18.1. The van der Waals surface area contributed by atoms with Crippen molar-refractivity contribution in [2.45, 2.75) is 109 Å². The number of cyclic esters (lactones) is 1. The van der Waals surface area contributed by atoms with Crippen LogP contribution in [0.25, 0.3) is 0 Å². The van der Waals surface area contributed by atoms with Crippen LogP contribution in [-0.2, 0) is 33.3 Å². The van der Waals surface area contributed by atoms with Crippen LogP contribution in [0.4, 0.5) is 0 Å². The maximum Gasteiger partial charge on any atom is 0.338 e. The smallest absolute Gasteiger partial charge is 0.338 e. The van der Waals surface area contributed by atoms with Gasteiger partial charge in [-0.1, -0.05) is 32.0 Å². The third-order valence-electron chi connectivity index (χ3n) is 11.0. The Morgan fingerprint density at radius 2 is 1.76 bits per heavy atom. The fourth-order valence-corrected chi connectivity index (χ4v) is 8.02. The number of methoxy groups -OCH3 is 1. The highest BCUT2D eigenvalue weighted by atomic mass is 16.7. The van der Waals surface area contributed by atoms with Gasteiger partial charge in [0.1, 0.15) is 12.5 Å². The van der Waals surface area contributed by atoms with Crippen LogP contribution < -0.4 is 5.32 Å². The molecule has 1 aromatic carbocycles. The molecule has 0 unspecified atom stereocenters. The van der Waals surface area contributed by atoms with Gasteiger partial charge < -0.3 is 33.9 Å². The molecule has 3 saturated heterocycles. The van der Waals surface area contributed by atoms with E-state index in [4.69, 9.17) is 23.7 Å². The van der Waals surface area contributed by atoms with Crippen molar-refractivity contribution in [2.24, 2.45) is 23.7 Å². The average Bonchev–Trinajstić information content (AvgIpc) is 3.08. The molecule has 0 saturated carbocycles. The van der Waals surface area contributed by atoms with Gasteiger partial charge >= 0.3 is 11.9 Å². The molecule has 3 aliphatic rings. The molecule has 11 heteroatoms. The van der Waals surface area contributed by atoms with Crippen LogP contribution in [0.2, 0.25) is 0 Å². The van der Waals surface area contributed by atoms with Gasteiger partial charge in [0.05, 0.1) is 29.4 Å². The van der Waals surface area contributed by atoms with Crippen molar-refractivity contribution >= 4 is 17.7 Å². The van der Waals surface area contributed by atoms with E-state index in [2.05, 4.69) is 24.2 Å². The van der Waals surface area contributed by atoms with E-state index >= 15 is 0 Å². The summed E-state index contributed by atoms with van der Waals surface area (Å²) in [6.45, 7) is 12.5. The van der Waals surface area contributed by atoms with E-state index in [1.807, 2.05) is 38.9 Å². The van der Waals surface area contributed by atoms with Gasteiger partial charge in [-0.05, 0) is 111 Å². The molecular weight excluding hydrogens is 626 g/mol. The van der Waals surface area contributed by atoms with Crippen molar-refractivity contribution in [1.29, 1.82) is 0 Å². The van der Waals surface area contributed by atoms with E-state index in [0.29, 0.717) is 24.3 Å². The van der Waals surface area contributed by atoms with Crippen LogP contribution in [0.1, 0.15) is 77.1 Å². The number of hydrogen-bond acceptors (Lipinski definition) is 11. The molecular formula is C38H61N3O8. The third-order valence-corrected chi connectivity index (χ3v) is 11.0. The predicted molar refractivity (Wildman–Crippen MR) is 187 cm³/mol. The summed E-state index contributed by atoms with van der Waals surface area (Å²) in [5.74, 6) is -2.39. The van der Waals surface area contributed by atoms with Gasteiger partial charge in [0.25, 0.3) is 0 Å². The number of carbonyl (C=O) groups is 3. The standard InChI is InChI=1S/C38H61N3O8/c1-24-21-38(5,45-9)34(49-37-33(31(40(6)7)19-25(2)47-37)48-36(44)29-13-11-10-12-14-29)26(3)32(42)27(4)35(43)46-23-30(41(8)22-24)20-28-15-17-39-18-16-28/h10-14,24-28,30-31,33-34,37,39H,15-23H2,1-9H3/t24-,25-,26+,27-,30-,31+,33-,34-,37+,38-/m1/s1. The second-order valence-electron chi connectivity index (χ2n) is 15.3. The fourth-order valence-electron chi connectivity index (χ4n) is 8.02. The molecule has 0 aromatic heterocycles. The van der Waals surface area contributed by atoms with Crippen LogP contribution in [0.3, 0.4) is 0 Å². The van der Waals surface area contributed by atoms with Crippen molar-refractivity contribution in [3.63, 3.8) is 0 Å². The Hall–Kier alpha value is -2.41. The average molecular weight is 688 g/mol. The first-order chi connectivity index (χ1) is 23.2. The number of ketones is 1. The third kappa shape index (κ3) is 10.1. The number of likely N-dealkylation sites (N-methyl/N-ethyl adjacent to an activating group) is 2. The number of benzene rings is 1. The highest BCUT2D eigenvalue weighted by Crippen LogP contribution is 2.37. The second kappa shape index (κ2) is 17.7. The number of esters is 2. The molecule has 0 bridgehead atoms.